The Morgan fingerprint density at radius 3 is 2.50 bits per heavy atom. The number of halogens is 2. The summed E-state index contributed by atoms with van der Waals surface area (Å²) in [6.07, 6.45) is 0. The Morgan fingerprint density at radius 2 is 1.85 bits per heavy atom. The molecular weight excluding hydrogens is 281 g/mol. The molecule has 0 aliphatic heterocycles. The molecule has 0 saturated heterocycles. The summed E-state index contributed by atoms with van der Waals surface area (Å²) in [5, 5.41) is 3.51. The van der Waals surface area contributed by atoms with Crippen LogP contribution in [0.3, 0.4) is 0 Å². The average molecular weight is 296 g/mol. The first-order valence-corrected chi connectivity index (χ1v) is 6.42. The highest BCUT2D eigenvalue weighted by Crippen LogP contribution is 2.30. The van der Waals surface area contributed by atoms with Gasteiger partial charge in [-0.05, 0) is 24.3 Å². The monoisotopic (exact) mass is 295 g/mol. The van der Waals surface area contributed by atoms with Crippen molar-refractivity contribution in [1.82, 2.24) is 0 Å². The third-order valence-electron chi connectivity index (χ3n) is 2.91. The second-order valence-corrected chi connectivity index (χ2v) is 4.53. The molecule has 106 valence electrons. The molecule has 0 amide bonds. The van der Waals surface area contributed by atoms with Gasteiger partial charge >= 0.3 is 0 Å². The van der Waals surface area contributed by atoms with E-state index in [0.717, 1.165) is 5.69 Å². The largest absolute Gasteiger partial charge is 0.493 e. The Bertz CT molecular complexity index is 584. The fraction of sp³-hybridized carbons (Fsp3) is 0.200. The second-order valence-electron chi connectivity index (χ2n) is 4.12. The summed E-state index contributed by atoms with van der Waals surface area (Å²) in [6.45, 7) is 0.293. The third kappa shape index (κ3) is 3.14. The normalized spacial score (nSPS) is 10.2. The molecule has 1 N–H and O–H groups in total. The van der Waals surface area contributed by atoms with Gasteiger partial charge in [-0.2, -0.15) is 0 Å². The van der Waals surface area contributed by atoms with Crippen LogP contribution in [0, 0.1) is 5.82 Å². The summed E-state index contributed by atoms with van der Waals surface area (Å²) in [4.78, 5) is 0. The number of nitrogens with one attached hydrogen (secondary N) is 1. The van der Waals surface area contributed by atoms with Crippen LogP contribution in [0.2, 0.25) is 5.02 Å². The van der Waals surface area contributed by atoms with Crippen LogP contribution < -0.4 is 14.8 Å². The summed E-state index contributed by atoms with van der Waals surface area (Å²) < 4.78 is 24.0. The fourth-order valence-corrected chi connectivity index (χ4v) is 2.07. The van der Waals surface area contributed by atoms with Gasteiger partial charge in [0.25, 0.3) is 0 Å². The molecule has 0 atom stereocenters. The molecule has 0 bridgehead atoms. The van der Waals surface area contributed by atoms with Crippen LogP contribution in [0.15, 0.2) is 36.4 Å². The molecule has 20 heavy (non-hydrogen) atoms. The maximum Gasteiger partial charge on any atom is 0.162 e. The van der Waals surface area contributed by atoms with E-state index in [1.165, 1.54) is 6.07 Å². The SMILES string of the molecule is COc1ccc(NCc2c(F)cccc2Cl)cc1OC. The lowest BCUT2D eigenvalue weighted by molar-refractivity contribution is 0.355. The number of benzene rings is 2. The predicted octanol–water partition coefficient (Wildman–Crippen LogP) is 4.11. The molecule has 0 fully saturated rings. The lowest BCUT2D eigenvalue weighted by Gasteiger charge is -2.12. The van der Waals surface area contributed by atoms with E-state index in [1.807, 2.05) is 6.07 Å². The molecule has 0 aliphatic carbocycles. The van der Waals surface area contributed by atoms with Crippen LogP contribution in [-0.2, 0) is 6.54 Å². The molecule has 2 rings (SSSR count). The van der Waals surface area contributed by atoms with Gasteiger partial charge < -0.3 is 14.8 Å². The molecule has 0 aliphatic rings. The van der Waals surface area contributed by atoms with Crippen molar-refractivity contribution in [2.24, 2.45) is 0 Å². The van der Waals surface area contributed by atoms with Crippen molar-refractivity contribution in [1.29, 1.82) is 0 Å². The van der Waals surface area contributed by atoms with Crippen molar-refractivity contribution in [3.63, 3.8) is 0 Å². The minimum atomic E-state index is -0.328. The van der Waals surface area contributed by atoms with Crippen LogP contribution in [-0.4, -0.2) is 14.2 Å². The Morgan fingerprint density at radius 1 is 1.10 bits per heavy atom. The lowest BCUT2D eigenvalue weighted by Crippen LogP contribution is -2.03. The van der Waals surface area contributed by atoms with Gasteiger partial charge in [0, 0.05) is 28.9 Å². The Kier molecular flexibility index (Phi) is 4.69. The van der Waals surface area contributed by atoms with Crippen molar-refractivity contribution < 1.29 is 13.9 Å². The van der Waals surface area contributed by atoms with E-state index in [0.29, 0.717) is 28.6 Å². The summed E-state index contributed by atoms with van der Waals surface area (Å²) in [6, 6.07) is 10.0. The van der Waals surface area contributed by atoms with Crippen molar-refractivity contribution >= 4 is 17.3 Å². The standard InChI is InChI=1S/C15H15ClFNO2/c1-19-14-7-6-10(8-15(14)20-2)18-9-11-12(16)4-3-5-13(11)17/h3-8,18H,9H2,1-2H3. The summed E-state index contributed by atoms with van der Waals surface area (Å²) >= 11 is 5.98. The van der Waals surface area contributed by atoms with Crippen LogP contribution in [0.25, 0.3) is 0 Å². The highest BCUT2D eigenvalue weighted by atomic mass is 35.5. The van der Waals surface area contributed by atoms with Crippen molar-refractivity contribution in [3.8, 4) is 11.5 Å². The highest BCUT2D eigenvalue weighted by Gasteiger charge is 2.08. The topological polar surface area (TPSA) is 30.5 Å². The zero-order valence-corrected chi connectivity index (χ0v) is 12.0. The number of hydrogen-bond donors (Lipinski definition) is 1. The van der Waals surface area contributed by atoms with E-state index in [2.05, 4.69) is 5.32 Å². The van der Waals surface area contributed by atoms with Gasteiger partial charge in [0.15, 0.2) is 11.5 Å². The van der Waals surface area contributed by atoms with Gasteiger partial charge in [0.2, 0.25) is 0 Å². The van der Waals surface area contributed by atoms with E-state index < -0.39 is 0 Å². The first-order chi connectivity index (χ1) is 9.65. The maximum atomic E-state index is 13.6. The molecular formula is C15H15ClFNO2. The number of hydrogen-bond acceptors (Lipinski definition) is 3. The van der Waals surface area contributed by atoms with Crippen LogP contribution in [0.1, 0.15) is 5.56 Å². The zero-order chi connectivity index (χ0) is 14.5. The molecule has 0 aromatic heterocycles. The molecule has 0 saturated carbocycles. The molecule has 0 spiro atoms. The molecule has 3 nitrogen and oxygen atoms in total. The van der Waals surface area contributed by atoms with Gasteiger partial charge in [-0.3, -0.25) is 0 Å². The van der Waals surface area contributed by atoms with E-state index in [4.69, 9.17) is 21.1 Å². The summed E-state index contributed by atoms with van der Waals surface area (Å²) in [5.74, 6) is 0.921. The Labute approximate surface area is 122 Å². The first-order valence-electron chi connectivity index (χ1n) is 6.04. The smallest absolute Gasteiger partial charge is 0.162 e. The van der Waals surface area contributed by atoms with Gasteiger partial charge in [-0.15, -0.1) is 0 Å². The Balaban J connectivity index is 2.15. The van der Waals surface area contributed by atoms with E-state index >= 15 is 0 Å². The summed E-state index contributed by atoms with van der Waals surface area (Å²) in [5.41, 5.74) is 1.23. The van der Waals surface area contributed by atoms with Crippen molar-refractivity contribution in [2.45, 2.75) is 6.54 Å². The molecule has 0 heterocycles. The molecule has 5 heteroatoms. The molecule has 0 unspecified atom stereocenters. The minimum Gasteiger partial charge on any atom is -0.493 e. The van der Waals surface area contributed by atoms with Gasteiger partial charge in [0.05, 0.1) is 14.2 Å². The van der Waals surface area contributed by atoms with E-state index in [9.17, 15) is 4.39 Å². The minimum absolute atomic E-state index is 0.293. The van der Waals surface area contributed by atoms with Crippen LogP contribution in [0.5, 0.6) is 11.5 Å². The molecule has 0 radical (unpaired) electrons. The van der Waals surface area contributed by atoms with Gasteiger partial charge in [-0.25, -0.2) is 4.39 Å². The van der Waals surface area contributed by atoms with Crippen molar-refractivity contribution in [2.75, 3.05) is 19.5 Å². The average Bonchev–Trinajstić information content (AvgIpc) is 2.46. The molecule has 2 aromatic carbocycles. The van der Waals surface area contributed by atoms with Gasteiger partial charge in [0.1, 0.15) is 5.82 Å². The number of anilines is 1. The fourth-order valence-electron chi connectivity index (χ4n) is 1.84. The quantitative estimate of drug-likeness (QED) is 0.900. The summed E-state index contributed by atoms with van der Waals surface area (Å²) in [7, 11) is 3.14. The van der Waals surface area contributed by atoms with Crippen LogP contribution in [0.4, 0.5) is 10.1 Å². The van der Waals surface area contributed by atoms with Crippen molar-refractivity contribution in [3.05, 3.63) is 52.8 Å². The zero-order valence-electron chi connectivity index (χ0n) is 11.2. The van der Waals surface area contributed by atoms with E-state index in [-0.39, 0.29) is 5.82 Å². The highest BCUT2D eigenvalue weighted by molar-refractivity contribution is 6.31. The van der Waals surface area contributed by atoms with Gasteiger partial charge in [-0.1, -0.05) is 17.7 Å². The van der Waals surface area contributed by atoms with Crippen LogP contribution >= 0.6 is 11.6 Å². The maximum absolute atomic E-state index is 13.6. The van der Waals surface area contributed by atoms with E-state index in [1.54, 1.807) is 38.5 Å². The Hall–Kier alpha value is -1.94. The predicted molar refractivity (Wildman–Crippen MR) is 78.3 cm³/mol. The third-order valence-corrected chi connectivity index (χ3v) is 3.27. The molecule has 2 aromatic rings. The number of methoxy groups -OCH3 is 2. The number of ether oxygens (including phenoxy) is 2. The number of rotatable bonds is 5. The second kappa shape index (κ2) is 6.48. The lowest BCUT2D eigenvalue weighted by atomic mass is 10.2. The first kappa shape index (κ1) is 14.5.